The van der Waals surface area contributed by atoms with Gasteiger partial charge in [-0.3, -0.25) is 9.59 Å². The summed E-state index contributed by atoms with van der Waals surface area (Å²) in [6.45, 7) is 1.59. The minimum Gasteiger partial charge on any atom is -0.481 e. The maximum absolute atomic E-state index is 13.1. The molecule has 1 fully saturated rings. The molecule has 1 saturated carbocycles. The molecular formula is C14H16FNO3. The third kappa shape index (κ3) is 2.92. The number of aliphatic carboxylic acids is 1. The van der Waals surface area contributed by atoms with E-state index in [-0.39, 0.29) is 18.1 Å². The Morgan fingerprint density at radius 3 is 2.58 bits per heavy atom. The zero-order valence-corrected chi connectivity index (χ0v) is 10.7. The lowest BCUT2D eigenvalue weighted by Crippen LogP contribution is -2.54. The standard InChI is InChI=1S/C14H16FNO3/c1-9-7-10(3-4-11(9)15)13(19)16-14(5-2-6-14)8-12(17)18/h3-4,7H,2,5-6,8H2,1H3,(H,16,19)(H,17,18). The van der Waals surface area contributed by atoms with Crippen molar-refractivity contribution in [1.82, 2.24) is 5.32 Å². The highest BCUT2D eigenvalue weighted by molar-refractivity contribution is 5.95. The van der Waals surface area contributed by atoms with Crippen LogP contribution in [0.15, 0.2) is 18.2 Å². The zero-order valence-electron chi connectivity index (χ0n) is 10.7. The van der Waals surface area contributed by atoms with Crippen molar-refractivity contribution in [1.29, 1.82) is 0 Å². The summed E-state index contributed by atoms with van der Waals surface area (Å²) < 4.78 is 13.1. The fourth-order valence-corrected chi connectivity index (χ4v) is 2.34. The van der Waals surface area contributed by atoms with E-state index in [1.165, 1.54) is 18.2 Å². The highest BCUT2D eigenvalue weighted by Gasteiger charge is 2.40. The van der Waals surface area contributed by atoms with Gasteiger partial charge >= 0.3 is 5.97 Å². The normalized spacial score (nSPS) is 16.5. The van der Waals surface area contributed by atoms with Gasteiger partial charge in [-0.05, 0) is 49.9 Å². The topological polar surface area (TPSA) is 66.4 Å². The SMILES string of the molecule is Cc1cc(C(=O)NC2(CC(=O)O)CCC2)ccc1F. The molecule has 5 heteroatoms. The molecule has 0 atom stereocenters. The number of carboxylic acid groups (broad SMARTS) is 1. The molecule has 0 saturated heterocycles. The van der Waals surface area contributed by atoms with Gasteiger partial charge in [0.1, 0.15) is 5.82 Å². The minimum absolute atomic E-state index is 0.0705. The molecule has 19 heavy (non-hydrogen) atoms. The summed E-state index contributed by atoms with van der Waals surface area (Å²) in [6, 6.07) is 4.12. The predicted molar refractivity (Wildman–Crippen MR) is 67.4 cm³/mol. The van der Waals surface area contributed by atoms with Crippen molar-refractivity contribution in [2.75, 3.05) is 0 Å². The van der Waals surface area contributed by atoms with Gasteiger partial charge in [-0.25, -0.2) is 4.39 Å². The number of carboxylic acids is 1. The molecule has 1 aromatic rings. The Hall–Kier alpha value is -1.91. The van der Waals surface area contributed by atoms with Crippen LogP contribution in [0.3, 0.4) is 0 Å². The Labute approximate surface area is 110 Å². The molecule has 1 aliphatic carbocycles. The van der Waals surface area contributed by atoms with Crippen molar-refractivity contribution in [3.8, 4) is 0 Å². The van der Waals surface area contributed by atoms with Gasteiger partial charge in [0.2, 0.25) is 0 Å². The number of carbonyl (C=O) groups is 2. The maximum atomic E-state index is 13.1. The fourth-order valence-electron chi connectivity index (χ4n) is 2.34. The van der Waals surface area contributed by atoms with Gasteiger partial charge in [0.05, 0.1) is 12.0 Å². The molecular weight excluding hydrogens is 249 g/mol. The van der Waals surface area contributed by atoms with Gasteiger partial charge in [0.15, 0.2) is 0 Å². The molecule has 0 aromatic heterocycles. The van der Waals surface area contributed by atoms with Crippen LogP contribution in [-0.4, -0.2) is 22.5 Å². The highest BCUT2D eigenvalue weighted by atomic mass is 19.1. The molecule has 4 nitrogen and oxygen atoms in total. The van der Waals surface area contributed by atoms with E-state index in [2.05, 4.69) is 5.32 Å². The number of hydrogen-bond donors (Lipinski definition) is 2. The number of benzene rings is 1. The lowest BCUT2D eigenvalue weighted by molar-refractivity contribution is -0.139. The molecule has 0 aliphatic heterocycles. The van der Waals surface area contributed by atoms with Gasteiger partial charge in [0.25, 0.3) is 5.91 Å². The predicted octanol–water partition coefficient (Wildman–Crippen LogP) is 2.26. The zero-order chi connectivity index (χ0) is 14.0. The fraction of sp³-hybridized carbons (Fsp3) is 0.429. The second-order valence-electron chi connectivity index (χ2n) is 5.12. The molecule has 0 radical (unpaired) electrons. The molecule has 0 heterocycles. The number of amides is 1. The van der Waals surface area contributed by atoms with Crippen LogP contribution in [0.1, 0.15) is 41.6 Å². The smallest absolute Gasteiger partial charge is 0.305 e. The van der Waals surface area contributed by atoms with Gasteiger partial charge in [-0.2, -0.15) is 0 Å². The largest absolute Gasteiger partial charge is 0.481 e. The van der Waals surface area contributed by atoms with Gasteiger partial charge < -0.3 is 10.4 Å². The van der Waals surface area contributed by atoms with Crippen LogP contribution in [0, 0.1) is 12.7 Å². The summed E-state index contributed by atoms with van der Waals surface area (Å²) in [6.07, 6.45) is 2.19. The van der Waals surface area contributed by atoms with Crippen molar-refractivity contribution in [2.45, 2.75) is 38.1 Å². The Balaban J connectivity index is 2.11. The summed E-state index contributed by atoms with van der Waals surface area (Å²) in [5.41, 5.74) is 0.120. The average Bonchev–Trinajstić information content (AvgIpc) is 2.29. The molecule has 0 unspecified atom stereocenters. The van der Waals surface area contributed by atoms with Crippen molar-refractivity contribution in [3.63, 3.8) is 0 Å². The maximum Gasteiger partial charge on any atom is 0.305 e. The van der Waals surface area contributed by atoms with Crippen molar-refractivity contribution >= 4 is 11.9 Å². The minimum atomic E-state index is -0.921. The van der Waals surface area contributed by atoms with Gasteiger partial charge in [-0.1, -0.05) is 0 Å². The van der Waals surface area contributed by atoms with Crippen LogP contribution in [0.25, 0.3) is 0 Å². The second-order valence-corrected chi connectivity index (χ2v) is 5.12. The first-order valence-electron chi connectivity index (χ1n) is 6.22. The molecule has 2 rings (SSSR count). The third-order valence-electron chi connectivity index (χ3n) is 3.60. The van der Waals surface area contributed by atoms with Gasteiger partial charge in [-0.15, -0.1) is 0 Å². The summed E-state index contributed by atoms with van der Waals surface area (Å²) >= 11 is 0. The first-order chi connectivity index (χ1) is 8.92. The van der Waals surface area contributed by atoms with E-state index in [0.717, 1.165) is 6.42 Å². The Kier molecular flexibility index (Phi) is 3.55. The molecule has 102 valence electrons. The van der Waals surface area contributed by atoms with E-state index >= 15 is 0 Å². The van der Waals surface area contributed by atoms with Crippen LogP contribution in [-0.2, 0) is 4.79 Å². The molecule has 1 aromatic carbocycles. The lowest BCUT2D eigenvalue weighted by atomic mass is 9.74. The summed E-state index contributed by atoms with van der Waals surface area (Å²) in [4.78, 5) is 22.9. The van der Waals surface area contributed by atoms with E-state index < -0.39 is 11.5 Å². The summed E-state index contributed by atoms with van der Waals surface area (Å²) in [5, 5.41) is 11.7. The van der Waals surface area contributed by atoms with Crippen LogP contribution < -0.4 is 5.32 Å². The lowest BCUT2D eigenvalue weighted by Gasteiger charge is -2.41. The Bertz CT molecular complexity index is 523. The van der Waals surface area contributed by atoms with E-state index in [4.69, 9.17) is 5.11 Å². The van der Waals surface area contributed by atoms with Crippen molar-refractivity contribution < 1.29 is 19.1 Å². The van der Waals surface area contributed by atoms with Crippen LogP contribution in [0.2, 0.25) is 0 Å². The number of carbonyl (C=O) groups excluding carboxylic acids is 1. The van der Waals surface area contributed by atoms with Crippen molar-refractivity contribution in [2.24, 2.45) is 0 Å². The average molecular weight is 265 g/mol. The number of aryl methyl sites for hydroxylation is 1. The van der Waals surface area contributed by atoms with E-state index in [1.807, 2.05) is 0 Å². The first kappa shape index (κ1) is 13.5. The van der Waals surface area contributed by atoms with Crippen LogP contribution in [0.4, 0.5) is 4.39 Å². The molecule has 1 aliphatic rings. The summed E-state index contributed by atoms with van der Waals surface area (Å²) in [7, 11) is 0. The number of nitrogens with one attached hydrogen (secondary N) is 1. The molecule has 2 N–H and O–H groups in total. The first-order valence-corrected chi connectivity index (χ1v) is 6.22. The van der Waals surface area contributed by atoms with Gasteiger partial charge in [0, 0.05) is 5.56 Å². The molecule has 0 spiro atoms. The van der Waals surface area contributed by atoms with Crippen molar-refractivity contribution in [3.05, 3.63) is 35.1 Å². The molecule has 1 amide bonds. The quantitative estimate of drug-likeness (QED) is 0.877. The summed E-state index contributed by atoms with van der Waals surface area (Å²) in [5.74, 6) is -1.63. The highest BCUT2D eigenvalue weighted by Crippen LogP contribution is 2.35. The number of halogens is 1. The van der Waals surface area contributed by atoms with E-state index in [0.29, 0.717) is 24.0 Å². The van der Waals surface area contributed by atoms with Crippen LogP contribution >= 0.6 is 0 Å². The third-order valence-corrected chi connectivity index (χ3v) is 3.60. The van der Waals surface area contributed by atoms with E-state index in [9.17, 15) is 14.0 Å². The second kappa shape index (κ2) is 4.99. The number of hydrogen-bond acceptors (Lipinski definition) is 2. The number of rotatable bonds is 4. The van der Waals surface area contributed by atoms with E-state index in [1.54, 1.807) is 6.92 Å². The van der Waals surface area contributed by atoms with Crippen LogP contribution in [0.5, 0.6) is 0 Å². The molecule has 0 bridgehead atoms. The monoisotopic (exact) mass is 265 g/mol. The Morgan fingerprint density at radius 1 is 1.42 bits per heavy atom. The Morgan fingerprint density at radius 2 is 2.11 bits per heavy atom.